The average molecular weight is 197 g/mol. The first kappa shape index (κ1) is 9.05. The molecule has 0 radical (unpaired) electrons. The van der Waals surface area contributed by atoms with E-state index in [0.717, 1.165) is 17.2 Å². The van der Waals surface area contributed by atoms with Gasteiger partial charge in [-0.15, -0.1) is 0 Å². The van der Waals surface area contributed by atoms with E-state index in [-0.39, 0.29) is 13.2 Å². The molecule has 0 aliphatic carbocycles. The lowest BCUT2D eigenvalue weighted by atomic mass is 10.1. The van der Waals surface area contributed by atoms with E-state index in [2.05, 4.69) is 4.99 Å². The molecule has 0 aromatic carbocycles. The van der Waals surface area contributed by atoms with Crippen LogP contribution in [0.4, 0.5) is 0 Å². The highest BCUT2D eigenvalue weighted by molar-refractivity contribution is 6.01. The standard InChI is InChI=1S/C9H11NO4/c11-8(12)3-1-2-6-9-7(4-10-6)13-5-14-9/h1-5H2,(H,11,12). The summed E-state index contributed by atoms with van der Waals surface area (Å²) < 4.78 is 10.4. The molecular formula is C9H11NO4. The SMILES string of the molecule is O=C(O)CCCC1=NCC2=C1OCO2. The van der Waals surface area contributed by atoms with E-state index in [1.807, 2.05) is 0 Å². The minimum Gasteiger partial charge on any atom is -0.481 e. The summed E-state index contributed by atoms with van der Waals surface area (Å²) in [7, 11) is 0. The molecule has 14 heavy (non-hydrogen) atoms. The second kappa shape index (κ2) is 3.69. The molecule has 0 aromatic rings. The lowest BCUT2D eigenvalue weighted by molar-refractivity contribution is -0.137. The Labute approximate surface area is 81.0 Å². The van der Waals surface area contributed by atoms with Crippen LogP contribution in [0.25, 0.3) is 0 Å². The molecule has 76 valence electrons. The Morgan fingerprint density at radius 2 is 2.36 bits per heavy atom. The van der Waals surface area contributed by atoms with Gasteiger partial charge < -0.3 is 14.6 Å². The van der Waals surface area contributed by atoms with Crippen LogP contribution in [0.5, 0.6) is 0 Å². The van der Waals surface area contributed by atoms with Gasteiger partial charge in [0.05, 0.1) is 5.71 Å². The van der Waals surface area contributed by atoms with Gasteiger partial charge >= 0.3 is 5.97 Å². The van der Waals surface area contributed by atoms with Crippen molar-refractivity contribution in [3.05, 3.63) is 11.5 Å². The molecule has 0 amide bonds. The Kier molecular flexibility index (Phi) is 2.39. The van der Waals surface area contributed by atoms with Crippen molar-refractivity contribution in [2.45, 2.75) is 19.3 Å². The maximum Gasteiger partial charge on any atom is 0.303 e. The van der Waals surface area contributed by atoms with E-state index >= 15 is 0 Å². The molecule has 0 saturated carbocycles. The summed E-state index contributed by atoms with van der Waals surface area (Å²) in [4.78, 5) is 14.5. The first-order valence-electron chi connectivity index (χ1n) is 4.51. The number of allylic oxidation sites excluding steroid dienone is 1. The molecule has 0 unspecified atom stereocenters. The molecule has 5 heteroatoms. The largest absolute Gasteiger partial charge is 0.481 e. The average Bonchev–Trinajstić information content (AvgIpc) is 2.67. The fourth-order valence-electron chi connectivity index (χ4n) is 1.51. The third kappa shape index (κ3) is 1.71. The van der Waals surface area contributed by atoms with Gasteiger partial charge in [-0.2, -0.15) is 0 Å². The molecule has 0 fully saturated rings. The molecule has 0 spiro atoms. The van der Waals surface area contributed by atoms with Gasteiger partial charge in [-0.3, -0.25) is 9.79 Å². The van der Waals surface area contributed by atoms with Crippen LogP contribution in [0, 0.1) is 0 Å². The summed E-state index contributed by atoms with van der Waals surface area (Å²) in [6.07, 6.45) is 1.41. The van der Waals surface area contributed by atoms with Crippen molar-refractivity contribution in [3.8, 4) is 0 Å². The number of nitrogens with zero attached hydrogens (tertiary/aromatic N) is 1. The summed E-state index contributed by atoms with van der Waals surface area (Å²) in [6.45, 7) is 0.806. The number of carboxylic acid groups (broad SMARTS) is 1. The van der Waals surface area contributed by atoms with Crippen LogP contribution in [0.2, 0.25) is 0 Å². The van der Waals surface area contributed by atoms with Crippen molar-refractivity contribution in [1.29, 1.82) is 0 Å². The zero-order valence-electron chi connectivity index (χ0n) is 7.65. The fourth-order valence-corrected chi connectivity index (χ4v) is 1.51. The second-order valence-electron chi connectivity index (χ2n) is 3.17. The lowest BCUT2D eigenvalue weighted by Gasteiger charge is -2.02. The first-order valence-corrected chi connectivity index (χ1v) is 4.51. The third-order valence-electron chi connectivity index (χ3n) is 2.17. The predicted molar refractivity (Wildman–Crippen MR) is 47.9 cm³/mol. The Bertz CT molecular complexity index is 319. The molecular weight excluding hydrogens is 186 g/mol. The smallest absolute Gasteiger partial charge is 0.303 e. The topological polar surface area (TPSA) is 68.1 Å². The number of aliphatic imine (C=N–C) groups is 1. The van der Waals surface area contributed by atoms with Crippen molar-refractivity contribution in [1.82, 2.24) is 0 Å². The second-order valence-corrected chi connectivity index (χ2v) is 3.17. The zero-order chi connectivity index (χ0) is 9.97. The summed E-state index contributed by atoms with van der Waals surface area (Å²) in [5.41, 5.74) is 0.846. The highest BCUT2D eigenvalue weighted by atomic mass is 16.7. The van der Waals surface area contributed by atoms with Crippen LogP contribution >= 0.6 is 0 Å². The van der Waals surface area contributed by atoms with Gasteiger partial charge in [-0.25, -0.2) is 0 Å². The highest BCUT2D eigenvalue weighted by Crippen LogP contribution is 2.25. The predicted octanol–water partition coefficient (Wildman–Crippen LogP) is 0.912. The Balaban J connectivity index is 1.85. The van der Waals surface area contributed by atoms with Crippen LogP contribution in [0.3, 0.4) is 0 Å². The van der Waals surface area contributed by atoms with E-state index in [4.69, 9.17) is 14.6 Å². The number of carboxylic acids is 1. The van der Waals surface area contributed by atoms with Crippen molar-refractivity contribution < 1.29 is 19.4 Å². The number of rotatable bonds is 4. The van der Waals surface area contributed by atoms with Crippen LogP contribution in [0.15, 0.2) is 16.5 Å². The maximum absolute atomic E-state index is 10.3. The van der Waals surface area contributed by atoms with E-state index in [0.29, 0.717) is 19.4 Å². The summed E-state index contributed by atoms with van der Waals surface area (Å²) >= 11 is 0. The normalized spacial score (nSPS) is 18.7. The quantitative estimate of drug-likeness (QED) is 0.727. The van der Waals surface area contributed by atoms with Gasteiger partial charge in [0.2, 0.25) is 6.79 Å². The molecule has 2 heterocycles. The number of aliphatic carboxylic acids is 1. The van der Waals surface area contributed by atoms with Crippen molar-refractivity contribution in [2.75, 3.05) is 13.3 Å². The number of hydrogen-bond donors (Lipinski definition) is 1. The lowest BCUT2D eigenvalue weighted by Crippen LogP contribution is -2.03. The van der Waals surface area contributed by atoms with E-state index < -0.39 is 5.97 Å². The molecule has 2 aliphatic rings. The van der Waals surface area contributed by atoms with Crippen LogP contribution in [-0.4, -0.2) is 30.1 Å². The highest BCUT2D eigenvalue weighted by Gasteiger charge is 2.26. The van der Waals surface area contributed by atoms with Crippen LogP contribution in [0.1, 0.15) is 19.3 Å². The summed E-state index contributed by atoms with van der Waals surface area (Å²) in [6, 6.07) is 0. The maximum atomic E-state index is 10.3. The molecule has 0 atom stereocenters. The summed E-state index contributed by atoms with van der Waals surface area (Å²) in [5, 5.41) is 8.47. The number of ether oxygens (including phenoxy) is 2. The van der Waals surface area contributed by atoms with Gasteiger partial charge in [-0.1, -0.05) is 0 Å². The molecule has 0 saturated heterocycles. The van der Waals surface area contributed by atoms with E-state index in [9.17, 15) is 4.79 Å². The van der Waals surface area contributed by atoms with Crippen LogP contribution < -0.4 is 0 Å². The minimum absolute atomic E-state index is 0.169. The monoisotopic (exact) mass is 197 g/mol. The van der Waals surface area contributed by atoms with Gasteiger partial charge in [0, 0.05) is 6.42 Å². The number of hydrogen-bond acceptors (Lipinski definition) is 4. The Morgan fingerprint density at radius 1 is 1.50 bits per heavy atom. The third-order valence-corrected chi connectivity index (χ3v) is 2.17. The number of carbonyl (C=O) groups is 1. The molecule has 2 rings (SSSR count). The Hall–Kier alpha value is -1.52. The minimum atomic E-state index is -0.776. The molecule has 5 nitrogen and oxygen atoms in total. The van der Waals surface area contributed by atoms with Crippen molar-refractivity contribution in [3.63, 3.8) is 0 Å². The van der Waals surface area contributed by atoms with E-state index in [1.165, 1.54) is 0 Å². The van der Waals surface area contributed by atoms with Gasteiger partial charge in [0.1, 0.15) is 6.54 Å². The molecule has 1 N–H and O–H groups in total. The fraction of sp³-hybridized carbons (Fsp3) is 0.556. The van der Waals surface area contributed by atoms with Crippen molar-refractivity contribution >= 4 is 11.7 Å². The molecule has 0 bridgehead atoms. The van der Waals surface area contributed by atoms with Gasteiger partial charge in [0.15, 0.2) is 11.5 Å². The zero-order valence-corrected chi connectivity index (χ0v) is 7.65. The Morgan fingerprint density at radius 3 is 3.14 bits per heavy atom. The molecule has 2 aliphatic heterocycles. The van der Waals surface area contributed by atoms with Crippen molar-refractivity contribution in [2.24, 2.45) is 4.99 Å². The summed E-state index contributed by atoms with van der Waals surface area (Å²) in [5.74, 6) is 0.743. The molecule has 0 aromatic heterocycles. The van der Waals surface area contributed by atoms with Gasteiger partial charge in [0.25, 0.3) is 0 Å². The first-order chi connectivity index (χ1) is 6.77. The van der Waals surface area contributed by atoms with Gasteiger partial charge in [-0.05, 0) is 12.8 Å². The van der Waals surface area contributed by atoms with E-state index in [1.54, 1.807) is 0 Å². The van der Waals surface area contributed by atoms with Crippen LogP contribution in [-0.2, 0) is 14.3 Å².